The van der Waals surface area contributed by atoms with E-state index in [4.69, 9.17) is 0 Å². The Balaban J connectivity index is 2.16. The molecule has 1 N–H and O–H groups in total. The highest BCUT2D eigenvalue weighted by molar-refractivity contribution is 7.98. The van der Waals surface area contributed by atoms with Gasteiger partial charge in [-0.15, -0.1) is 11.8 Å². The summed E-state index contributed by atoms with van der Waals surface area (Å²) in [6.07, 6.45) is 3.26. The molecule has 0 unspecified atom stereocenters. The molecule has 1 aliphatic heterocycles. The molecule has 0 radical (unpaired) electrons. The highest BCUT2D eigenvalue weighted by Gasteiger charge is 2.48. The predicted octanol–water partition coefficient (Wildman–Crippen LogP) is 3.02. The SMILES string of the molecule is CCC1(CC)NC(=O)N(Cc2ccc(SC)cc2)C1=O. The molecule has 4 nitrogen and oxygen atoms in total. The Morgan fingerprint density at radius 2 is 1.75 bits per heavy atom. The van der Waals surface area contributed by atoms with Crippen LogP contribution in [-0.2, 0) is 11.3 Å². The normalized spacial score (nSPS) is 17.4. The fourth-order valence-electron chi connectivity index (χ4n) is 2.46. The monoisotopic (exact) mass is 292 g/mol. The van der Waals surface area contributed by atoms with E-state index in [1.165, 1.54) is 9.80 Å². The number of nitrogens with zero attached hydrogens (tertiary/aromatic N) is 1. The molecule has 0 bridgehead atoms. The van der Waals surface area contributed by atoms with Crippen LogP contribution in [0.15, 0.2) is 29.2 Å². The van der Waals surface area contributed by atoms with Crippen LogP contribution in [-0.4, -0.2) is 28.6 Å². The fraction of sp³-hybridized carbons (Fsp3) is 0.467. The number of rotatable bonds is 5. The highest BCUT2D eigenvalue weighted by atomic mass is 32.2. The van der Waals surface area contributed by atoms with Crippen LogP contribution in [0.4, 0.5) is 4.79 Å². The number of hydrogen-bond donors (Lipinski definition) is 1. The van der Waals surface area contributed by atoms with Gasteiger partial charge in [0.2, 0.25) is 0 Å². The predicted molar refractivity (Wildman–Crippen MR) is 80.6 cm³/mol. The molecule has 0 atom stereocenters. The molecule has 5 heteroatoms. The molecule has 0 saturated carbocycles. The number of amides is 3. The summed E-state index contributed by atoms with van der Waals surface area (Å²) in [5.74, 6) is -0.110. The van der Waals surface area contributed by atoms with E-state index in [1.54, 1.807) is 11.8 Å². The van der Waals surface area contributed by atoms with Gasteiger partial charge in [-0.3, -0.25) is 9.69 Å². The van der Waals surface area contributed by atoms with Crippen molar-refractivity contribution in [1.29, 1.82) is 0 Å². The lowest BCUT2D eigenvalue weighted by molar-refractivity contribution is -0.132. The van der Waals surface area contributed by atoms with E-state index in [0.29, 0.717) is 19.4 Å². The molecule has 108 valence electrons. The molecule has 1 aromatic rings. The first-order chi connectivity index (χ1) is 9.56. The molecule has 1 heterocycles. The van der Waals surface area contributed by atoms with Crippen molar-refractivity contribution in [2.45, 2.75) is 43.7 Å². The topological polar surface area (TPSA) is 49.4 Å². The lowest BCUT2D eigenvalue weighted by atomic mass is 9.93. The van der Waals surface area contributed by atoms with Gasteiger partial charge in [-0.05, 0) is 36.8 Å². The van der Waals surface area contributed by atoms with Crippen molar-refractivity contribution in [3.05, 3.63) is 29.8 Å². The van der Waals surface area contributed by atoms with Gasteiger partial charge in [0.15, 0.2) is 0 Å². The molecule has 1 fully saturated rings. The van der Waals surface area contributed by atoms with Crippen molar-refractivity contribution in [2.24, 2.45) is 0 Å². The third-order valence-electron chi connectivity index (χ3n) is 3.95. The standard InChI is InChI=1S/C15H20N2O2S/c1-4-15(5-2)13(18)17(14(19)16-15)10-11-6-8-12(20-3)9-7-11/h6-9H,4-5,10H2,1-3H3,(H,16,19). The van der Waals surface area contributed by atoms with Crippen molar-refractivity contribution >= 4 is 23.7 Å². The van der Waals surface area contributed by atoms with Crippen LogP contribution in [0, 0.1) is 0 Å². The third kappa shape index (κ3) is 2.54. The highest BCUT2D eigenvalue weighted by Crippen LogP contribution is 2.26. The van der Waals surface area contributed by atoms with E-state index < -0.39 is 5.54 Å². The summed E-state index contributed by atoms with van der Waals surface area (Å²) in [7, 11) is 0. The number of imide groups is 1. The van der Waals surface area contributed by atoms with Crippen LogP contribution >= 0.6 is 11.8 Å². The van der Waals surface area contributed by atoms with Crippen LogP contribution in [0.2, 0.25) is 0 Å². The summed E-state index contributed by atoms with van der Waals surface area (Å²) >= 11 is 1.67. The second-order valence-electron chi connectivity index (χ2n) is 4.96. The Kier molecular flexibility index (Phi) is 4.38. The van der Waals surface area contributed by atoms with E-state index in [2.05, 4.69) is 5.32 Å². The first-order valence-corrected chi connectivity index (χ1v) is 8.06. The molecule has 1 aromatic carbocycles. The molecular formula is C15H20N2O2S. The zero-order chi connectivity index (χ0) is 14.8. The van der Waals surface area contributed by atoms with E-state index in [9.17, 15) is 9.59 Å². The molecule has 1 saturated heterocycles. The van der Waals surface area contributed by atoms with Gasteiger partial charge in [-0.1, -0.05) is 26.0 Å². The van der Waals surface area contributed by atoms with Gasteiger partial charge in [0.25, 0.3) is 5.91 Å². The van der Waals surface area contributed by atoms with Crippen molar-refractivity contribution in [2.75, 3.05) is 6.26 Å². The van der Waals surface area contributed by atoms with Crippen molar-refractivity contribution in [3.8, 4) is 0 Å². The van der Waals surface area contributed by atoms with E-state index in [-0.39, 0.29) is 11.9 Å². The van der Waals surface area contributed by atoms with Gasteiger partial charge < -0.3 is 5.32 Å². The minimum absolute atomic E-state index is 0.110. The number of urea groups is 1. The van der Waals surface area contributed by atoms with Crippen LogP contribution < -0.4 is 5.32 Å². The van der Waals surface area contributed by atoms with Crippen molar-refractivity contribution in [3.63, 3.8) is 0 Å². The molecular weight excluding hydrogens is 272 g/mol. The van der Waals surface area contributed by atoms with Crippen molar-refractivity contribution < 1.29 is 9.59 Å². The van der Waals surface area contributed by atoms with Crippen LogP contribution in [0.1, 0.15) is 32.3 Å². The molecule has 1 aliphatic rings. The molecule has 20 heavy (non-hydrogen) atoms. The van der Waals surface area contributed by atoms with Gasteiger partial charge in [0, 0.05) is 4.90 Å². The smallest absolute Gasteiger partial charge is 0.323 e. The Bertz CT molecular complexity index is 509. The average molecular weight is 292 g/mol. The Labute approximate surface area is 123 Å². The molecule has 0 aliphatic carbocycles. The first kappa shape index (κ1) is 14.9. The maximum atomic E-state index is 12.5. The molecule has 2 rings (SSSR count). The number of nitrogens with one attached hydrogen (secondary N) is 1. The quantitative estimate of drug-likeness (QED) is 0.670. The number of carbonyl (C=O) groups excluding carboxylic acids is 2. The van der Waals surface area contributed by atoms with E-state index in [1.807, 2.05) is 44.4 Å². The first-order valence-electron chi connectivity index (χ1n) is 6.83. The zero-order valence-electron chi connectivity index (χ0n) is 12.1. The number of benzene rings is 1. The molecule has 3 amide bonds. The summed E-state index contributed by atoms with van der Waals surface area (Å²) in [4.78, 5) is 27.0. The number of thioether (sulfide) groups is 1. The lowest BCUT2D eigenvalue weighted by Gasteiger charge is -2.23. The van der Waals surface area contributed by atoms with Gasteiger partial charge >= 0.3 is 6.03 Å². The van der Waals surface area contributed by atoms with Crippen LogP contribution in [0.25, 0.3) is 0 Å². The minimum atomic E-state index is -0.712. The minimum Gasteiger partial charge on any atom is -0.323 e. The second kappa shape index (κ2) is 5.87. The van der Waals surface area contributed by atoms with Crippen LogP contribution in [0.3, 0.4) is 0 Å². The van der Waals surface area contributed by atoms with E-state index >= 15 is 0 Å². The molecule has 0 aromatic heterocycles. The van der Waals surface area contributed by atoms with Gasteiger partial charge in [0.05, 0.1) is 6.54 Å². The fourth-order valence-corrected chi connectivity index (χ4v) is 2.87. The summed E-state index contributed by atoms with van der Waals surface area (Å²) in [6.45, 7) is 4.19. The Hall–Kier alpha value is -1.49. The third-order valence-corrected chi connectivity index (χ3v) is 4.70. The maximum absolute atomic E-state index is 12.5. The maximum Gasteiger partial charge on any atom is 0.325 e. The summed E-state index contributed by atoms with van der Waals surface area (Å²) in [5.41, 5.74) is 0.255. The van der Waals surface area contributed by atoms with Gasteiger partial charge in [-0.2, -0.15) is 0 Å². The zero-order valence-corrected chi connectivity index (χ0v) is 12.9. The lowest BCUT2D eigenvalue weighted by Crippen LogP contribution is -2.45. The number of hydrogen-bond acceptors (Lipinski definition) is 3. The van der Waals surface area contributed by atoms with Crippen molar-refractivity contribution in [1.82, 2.24) is 10.2 Å². The second-order valence-corrected chi connectivity index (χ2v) is 5.84. The summed E-state index contributed by atoms with van der Waals surface area (Å²) < 4.78 is 0. The summed E-state index contributed by atoms with van der Waals surface area (Å²) in [6, 6.07) is 7.65. The summed E-state index contributed by atoms with van der Waals surface area (Å²) in [5, 5.41) is 2.84. The van der Waals surface area contributed by atoms with Crippen LogP contribution in [0.5, 0.6) is 0 Å². The van der Waals surface area contributed by atoms with Gasteiger partial charge in [0.1, 0.15) is 5.54 Å². The molecule has 0 spiro atoms. The average Bonchev–Trinajstić information content (AvgIpc) is 2.72. The largest absolute Gasteiger partial charge is 0.325 e. The van der Waals surface area contributed by atoms with E-state index in [0.717, 1.165) is 5.56 Å². The number of carbonyl (C=O) groups is 2. The Morgan fingerprint density at radius 3 is 2.20 bits per heavy atom. The van der Waals surface area contributed by atoms with Gasteiger partial charge in [-0.25, -0.2) is 4.79 Å². The Morgan fingerprint density at radius 1 is 1.15 bits per heavy atom.